The molecule has 0 aliphatic carbocycles. The normalized spacial score (nSPS) is 10.9. The minimum Gasteiger partial charge on any atom is -0.399 e. The Balaban J connectivity index is 2.73. The molecular formula is C15H24N4O2. The van der Waals surface area contributed by atoms with E-state index >= 15 is 0 Å². The van der Waals surface area contributed by atoms with Gasteiger partial charge in [0.05, 0.1) is 13.1 Å². The number of rotatable bonds is 7. The van der Waals surface area contributed by atoms with Gasteiger partial charge in [0, 0.05) is 25.3 Å². The number of benzene rings is 1. The maximum absolute atomic E-state index is 12.1. The van der Waals surface area contributed by atoms with Crippen molar-refractivity contribution >= 4 is 17.5 Å². The number of nitrogens with two attached hydrogens (primary N) is 2. The highest BCUT2D eigenvalue weighted by molar-refractivity contribution is 5.80. The Hall–Kier alpha value is -2.08. The summed E-state index contributed by atoms with van der Waals surface area (Å²) in [6, 6.07) is 7.45. The van der Waals surface area contributed by atoms with E-state index in [0.29, 0.717) is 12.2 Å². The summed E-state index contributed by atoms with van der Waals surface area (Å²) in [5, 5.41) is 0. The van der Waals surface area contributed by atoms with Crippen LogP contribution < -0.4 is 11.5 Å². The lowest BCUT2D eigenvalue weighted by atomic mass is 10.2. The van der Waals surface area contributed by atoms with Gasteiger partial charge in [-0.1, -0.05) is 12.1 Å². The highest BCUT2D eigenvalue weighted by atomic mass is 16.2. The molecule has 0 aliphatic heterocycles. The van der Waals surface area contributed by atoms with Gasteiger partial charge in [-0.05, 0) is 31.5 Å². The van der Waals surface area contributed by atoms with Gasteiger partial charge in [0.25, 0.3) is 0 Å². The second-order valence-corrected chi connectivity index (χ2v) is 5.45. The SMILES string of the molecule is CC(C)N(C)C(=O)CN(CC(N)=O)Cc1ccc(N)cc1. The average Bonchev–Trinajstić information content (AvgIpc) is 2.39. The van der Waals surface area contributed by atoms with Gasteiger partial charge in [0.1, 0.15) is 0 Å². The number of anilines is 1. The first kappa shape index (κ1) is 17.0. The van der Waals surface area contributed by atoms with E-state index < -0.39 is 5.91 Å². The molecule has 0 saturated heterocycles. The van der Waals surface area contributed by atoms with E-state index in [9.17, 15) is 9.59 Å². The highest BCUT2D eigenvalue weighted by Gasteiger charge is 2.18. The minimum atomic E-state index is -0.453. The Morgan fingerprint density at radius 3 is 2.19 bits per heavy atom. The van der Waals surface area contributed by atoms with Crippen molar-refractivity contribution in [2.24, 2.45) is 5.73 Å². The summed E-state index contributed by atoms with van der Waals surface area (Å²) in [5.41, 5.74) is 12.6. The number of hydrogen-bond donors (Lipinski definition) is 2. The fourth-order valence-corrected chi connectivity index (χ4v) is 1.86. The van der Waals surface area contributed by atoms with Crippen LogP contribution in [0.3, 0.4) is 0 Å². The molecule has 0 fully saturated rings. The van der Waals surface area contributed by atoms with Gasteiger partial charge >= 0.3 is 0 Å². The Labute approximate surface area is 125 Å². The lowest BCUT2D eigenvalue weighted by molar-refractivity contribution is -0.133. The molecule has 0 aliphatic rings. The van der Waals surface area contributed by atoms with Crippen LogP contribution in [0.15, 0.2) is 24.3 Å². The smallest absolute Gasteiger partial charge is 0.236 e. The van der Waals surface area contributed by atoms with E-state index in [2.05, 4.69) is 0 Å². The Kier molecular flexibility index (Phi) is 6.17. The van der Waals surface area contributed by atoms with E-state index in [-0.39, 0.29) is 25.0 Å². The summed E-state index contributed by atoms with van der Waals surface area (Å²) < 4.78 is 0. The molecule has 1 aromatic rings. The molecule has 0 atom stereocenters. The molecule has 0 saturated carbocycles. The summed E-state index contributed by atoms with van der Waals surface area (Å²) in [6.07, 6.45) is 0. The third-order valence-electron chi connectivity index (χ3n) is 3.29. The molecule has 116 valence electrons. The van der Waals surface area contributed by atoms with Crippen molar-refractivity contribution in [3.8, 4) is 0 Å². The van der Waals surface area contributed by atoms with Crippen LogP contribution in [-0.4, -0.2) is 47.8 Å². The number of nitrogens with zero attached hydrogens (tertiary/aromatic N) is 2. The predicted octanol–water partition coefficient (Wildman–Crippen LogP) is 0.423. The van der Waals surface area contributed by atoms with Crippen LogP contribution in [0, 0.1) is 0 Å². The third-order valence-corrected chi connectivity index (χ3v) is 3.29. The van der Waals surface area contributed by atoms with Crippen molar-refractivity contribution in [1.82, 2.24) is 9.80 Å². The summed E-state index contributed by atoms with van der Waals surface area (Å²) in [5.74, 6) is -0.493. The van der Waals surface area contributed by atoms with Crippen molar-refractivity contribution in [3.05, 3.63) is 29.8 Å². The molecule has 0 unspecified atom stereocenters. The second kappa shape index (κ2) is 7.64. The number of carbonyl (C=O) groups excluding carboxylic acids is 2. The second-order valence-electron chi connectivity index (χ2n) is 5.45. The number of amides is 2. The van der Waals surface area contributed by atoms with Crippen molar-refractivity contribution < 1.29 is 9.59 Å². The van der Waals surface area contributed by atoms with Crippen LogP contribution >= 0.6 is 0 Å². The molecule has 0 heterocycles. The first-order valence-corrected chi connectivity index (χ1v) is 6.90. The monoisotopic (exact) mass is 292 g/mol. The van der Waals surface area contributed by atoms with Gasteiger partial charge in [-0.3, -0.25) is 14.5 Å². The van der Waals surface area contributed by atoms with E-state index in [1.807, 2.05) is 26.0 Å². The van der Waals surface area contributed by atoms with Crippen molar-refractivity contribution in [2.75, 3.05) is 25.9 Å². The molecular weight excluding hydrogens is 268 g/mol. The highest BCUT2D eigenvalue weighted by Crippen LogP contribution is 2.09. The van der Waals surface area contributed by atoms with E-state index in [1.165, 1.54) is 0 Å². The minimum absolute atomic E-state index is 0.0401. The van der Waals surface area contributed by atoms with Crippen LogP contribution in [-0.2, 0) is 16.1 Å². The van der Waals surface area contributed by atoms with Gasteiger partial charge in [-0.2, -0.15) is 0 Å². The Morgan fingerprint density at radius 2 is 1.71 bits per heavy atom. The molecule has 0 aromatic heterocycles. The maximum atomic E-state index is 12.1. The first-order valence-electron chi connectivity index (χ1n) is 6.90. The van der Waals surface area contributed by atoms with Crippen LogP contribution in [0.2, 0.25) is 0 Å². The summed E-state index contributed by atoms with van der Waals surface area (Å²) in [7, 11) is 1.75. The van der Waals surface area contributed by atoms with E-state index in [0.717, 1.165) is 5.56 Å². The molecule has 2 amide bonds. The van der Waals surface area contributed by atoms with Gasteiger partial charge in [-0.25, -0.2) is 0 Å². The zero-order valence-electron chi connectivity index (χ0n) is 12.9. The maximum Gasteiger partial charge on any atom is 0.236 e. The van der Waals surface area contributed by atoms with Crippen LogP contribution in [0.4, 0.5) is 5.69 Å². The third kappa shape index (κ3) is 5.83. The van der Waals surface area contributed by atoms with Crippen molar-refractivity contribution in [2.45, 2.75) is 26.4 Å². The van der Waals surface area contributed by atoms with Gasteiger partial charge in [0.15, 0.2) is 0 Å². The summed E-state index contributed by atoms with van der Waals surface area (Å²) in [4.78, 5) is 26.7. The largest absolute Gasteiger partial charge is 0.399 e. The zero-order chi connectivity index (χ0) is 16.0. The summed E-state index contributed by atoms with van der Waals surface area (Å²) >= 11 is 0. The Bertz CT molecular complexity index is 485. The lowest BCUT2D eigenvalue weighted by Gasteiger charge is -2.26. The van der Waals surface area contributed by atoms with Crippen LogP contribution in [0.25, 0.3) is 0 Å². The lowest BCUT2D eigenvalue weighted by Crippen LogP contribution is -2.43. The number of likely N-dealkylation sites (N-methyl/N-ethyl adjacent to an activating group) is 1. The number of carbonyl (C=O) groups is 2. The number of primary amides is 1. The molecule has 1 rings (SSSR count). The van der Waals surface area contributed by atoms with Gasteiger partial charge < -0.3 is 16.4 Å². The standard InChI is InChI=1S/C15H24N4O2/c1-11(2)18(3)15(21)10-19(9-14(17)20)8-12-4-6-13(16)7-5-12/h4-7,11H,8-10,16H2,1-3H3,(H2,17,20). The molecule has 0 spiro atoms. The van der Waals surface area contributed by atoms with E-state index in [4.69, 9.17) is 11.5 Å². The average molecular weight is 292 g/mol. The number of hydrogen-bond acceptors (Lipinski definition) is 4. The Morgan fingerprint density at radius 1 is 1.14 bits per heavy atom. The quantitative estimate of drug-likeness (QED) is 0.712. The summed E-state index contributed by atoms with van der Waals surface area (Å²) in [6.45, 7) is 4.55. The molecule has 6 heteroatoms. The molecule has 0 bridgehead atoms. The van der Waals surface area contributed by atoms with Crippen molar-refractivity contribution in [3.63, 3.8) is 0 Å². The van der Waals surface area contributed by atoms with Crippen LogP contribution in [0.1, 0.15) is 19.4 Å². The molecule has 6 nitrogen and oxygen atoms in total. The molecule has 21 heavy (non-hydrogen) atoms. The number of nitrogen functional groups attached to an aromatic ring is 1. The fraction of sp³-hybridized carbons (Fsp3) is 0.467. The van der Waals surface area contributed by atoms with Crippen molar-refractivity contribution in [1.29, 1.82) is 0 Å². The fourth-order valence-electron chi connectivity index (χ4n) is 1.86. The van der Waals surface area contributed by atoms with Crippen LogP contribution in [0.5, 0.6) is 0 Å². The van der Waals surface area contributed by atoms with Gasteiger partial charge in [-0.15, -0.1) is 0 Å². The predicted molar refractivity (Wildman–Crippen MR) is 83.2 cm³/mol. The molecule has 4 N–H and O–H groups in total. The van der Waals surface area contributed by atoms with E-state index in [1.54, 1.807) is 29.0 Å². The molecule has 1 aromatic carbocycles. The topological polar surface area (TPSA) is 92.7 Å². The van der Waals surface area contributed by atoms with Gasteiger partial charge in [0.2, 0.25) is 11.8 Å². The zero-order valence-corrected chi connectivity index (χ0v) is 12.9. The molecule has 0 radical (unpaired) electrons. The first-order chi connectivity index (χ1) is 9.79.